The zero-order valence-electron chi connectivity index (χ0n) is 12.4. The van der Waals surface area contributed by atoms with Gasteiger partial charge in [0.1, 0.15) is 0 Å². The first-order valence-electron chi connectivity index (χ1n) is 7.67. The fourth-order valence-electron chi connectivity index (χ4n) is 2.17. The summed E-state index contributed by atoms with van der Waals surface area (Å²) in [5.41, 5.74) is 0. The largest absolute Gasteiger partial charge is 0.339 e. The van der Waals surface area contributed by atoms with E-state index in [1.807, 2.05) is 4.90 Å². The van der Waals surface area contributed by atoms with Crippen LogP contribution < -0.4 is 0 Å². The molecule has 0 aromatic carbocycles. The molecule has 0 aromatic rings. The number of amides is 1. The highest BCUT2D eigenvalue weighted by atomic mass is 16.2. The number of hydrogen-bond donors (Lipinski definition) is 0. The Kier molecular flexibility index (Phi) is 12.1. The van der Waals surface area contributed by atoms with E-state index in [0.717, 1.165) is 25.9 Å². The molecule has 106 valence electrons. The molecule has 0 N–H and O–H groups in total. The van der Waals surface area contributed by atoms with Gasteiger partial charge in [0.25, 0.3) is 0 Å². The van der Waals surface area contributed by atoms with Gasteiger partial charge >= 0.3 is 0 Å². The maximum absolute atomic E-state index is 11.5. The van der Waals surface area contributed by atoms with Crippen LogP contribution in [0.15, 0.2) is 12.7 Å². The van der Waals surface area contributed by atoms with Crippen LogP contribution in [-0.2, 0) is 4.79 Å². The minimum absolute atomic E-state index is 0.0831. The molecule has 0 saturated heterocycles. The van der Waals surface area contributed by atoms with E-state index >= 15 is 0 Å². The normalized spacial score (nSPS) is 10.3. The molecule has 1 amide bonds. The monoisotopic (exact) mass is 253 g/mol. The van der Waals surface area contributed by atoms with Gasteiger partial charge in [0.15, 0.2) is 0 Å². The third kappa shape index (κ3) is 9.26. The van der Waals surface area contributed by atoms with Crippen LogP contribution in [0, 0.1) is 0 Å². The van der Waals surface area contributed by atoms with Crippen molar-refractivity contribution in [2.75, 3.05) is 13.1 Å². The highest BCUT2D eigenvalue weighted by Gasteiger charge is 2.07. The van der Waals surface area contributed by atoms with Crippen molar-refractivity contribution in [2.24, 2.45) is 0 Å². The fraction of sp³-hybridized carbons (Fsp3) is 0.812. The molecule has 0 saturated carbocycles. The third-order valence-corrected chi connectivity index (χ3v) is 3.26. The van der Waals surface area contributed by atoms with Crippen molar-refractivity contribution in [1.29, 1.82) is 0 Å². The minimum atomic E-state index is 0.0831. The van der Waals surface area contributed by atoms with Gasteiger partial charge in [-0.1, -0.05) is 65.4 Å². The van der Waals surface area contributed by atoms with Gasteiger partial charge in [0.2, 0.25) is 5.91 Å². The predicted octanol–water partition coefficient (Wildman–Crippen LogP) is 4.55. The summed E-state index contributed by atoms with van der Waals surface area (Å²) < 4.78 is 0. The van der Waals surface area contributed by atoms with Crippen LogP contribution in [0.5, 0.6) is 0 Å². The summed E-state index contributed by atoms with van der Waals surface area (Å²) in [6.45, 7) is 9.67. The first-order chi connectivity index (χ1) is 8.76. The van der Waals surface area contributed by atoms with Crippen LogP contribution in [0.1, 0.15) is 71.6 Å². The van der Waals surface area contributed by atoms with Crippen LogP contribution in [0.4, 0.5) is 0 Å². The van der Waals surface area contributed by atoms with Gasteiger partial charge in [-0.15, -0.1) is 0 Å². The zero-order chi connectivity index (χ0) is 13.6. The van der Waals surface area contributed by atoms with Crippen molar-refractivity contribution in [2.45, 2.75) is 71.6 Å². The van der Waals surface area contributed by atoms with E-state index in [1.54, 1.807) is 0 Å². The Morgan fingerprint density at radius 1 is 0.889 bits per heavy atom. The van der Waals surface area contributed by atoms with Gasteiger partial charge in [-0.05, 0) is 18.9 Å². The number of hydrogen-bond acceptors (Lipinski definition) is 1. The molecule has 0 aliphatic carbocycles. The first kappa shape index (κ1) is 17.2. The minimum Gasteiger partial charge on any atom is -0.339 e. The maximum atomic E-state index is 11.5. The molecule has 0 aliphatic heterocycles. The maximum Gasteiger partial charge on any atom is 0.245 e. The van der Waals surface area contributed by atoms with E-state index in [1.165, 1.54) is 51.0 Å². The second kappa shape index (κ2) is 12.7. The molecule has 18 heavy (non-hydrogen) atoms. The summed E-state index contributed by atoms with van der Waals surface area (Å²) in [6.07, 6.45) is 12.9. The van der Waals surface area contributed by atoms with Crippen LogP contribution in [-0.4, -0.2) is 23.9 Å². The van der Waals surface area contributed by atoms with Crippen molar-refractivity contribution in [3.63, 3.8) is 0 Å². The number of carbonyl (C=O) groups excluding carboxylic acids is 1. The Labute approximate surface area is 113 Å². The standard InChI is InChI=1S/C16H31NO/c1-4-7-8-9-10-11-12-13-15-17(14-5-2)16(18)6-3/h6H,3-5,7-15H2,1-2H3. The predicted molar refractivity (Wildman–Crippen MR) is 79.7 cm³/mol. The van der Waals surface area contributed by atoms with Crippen molar-refractivity contribution >= 4 is 5.91 Å². The summed E-state index contributed by atoms with van der Waals surface area (Å²) in [6, 6.07) is 0. The van der Waals surface area contributed by atoms with Crippen LogP contribution in [0.25, 0.3) is 0 Å². The second-order valence-electron chi connectivity index (χ2n) is 5.00. The molecular weight excluding hydrogens is 222 g/mol. The lowest BCUT2D eigenvalue weighted by atomic mass is 10.1. The van der Waals surface area contributed by atoms with Crippen molar-refractivity contribution in [3.8, 4) is 0 Å². The summed E-state index contributed by atoms with van der Waals surface area (Å²) in [7, 11) is 0. The molecule has 0 rings (SSSR count). The molecule has 0 heterocycles. The van der Waals surface area contributed by atoms with Gasteiger partial charge in [-0.2, -0.15) is 0 Å². The second-order valence-corrected chi connectivity index (χ2v) is 5.00. The Hall–Kier alpha value is -0.790. The topological polar surface area (TPSA) is 20.3 Å². The molecule has 0 aliphatic rings. The van der Waals surface area contributed by atoms with E-state index < -0.39 is 0 Å². The quantitative estimate of drug-likeness (QED) is 0.369. The summed E-state index contributed by atoms with van der Waals surface area (Å²) in [5.74, 6) is 0.0831. The van der Waals surface area contributed by atoms with Crippen LogP contribution >= 0.6 is 0 Å². The highest BCUT2D eigenvalue weighted by molar-refractivity contribution is 5.86. The molecule has 0 atom stereocenters. The van der Waals surface area contributed by atoms with Crippen molar-refractivity contribution in [1.82, 2.24) is 4.90 Å². The third-order valence-electron chi connectivity index (χ3n) is 3.26. The lowest BCUT2D eigenvalue weighted by Gasteiger charge is -2.20. The summed E-state index contributed by atoms with van der Waals surface area (Å²) in [5, 5.41) is 0. The van der Waals surface area contributed by atoms with Gasteiger partial charge in [0.05, 0.1) is 0 Å². The van der Waals surface area contributed by atoms with Gasteiger partial charge < -0.3 is 4.90 Å². The lowest BCUT2D eigenvalue weighted by Crippen LogP contribution is -2.31. The highest BCUT2D eigenvalue weighted by Crippen LogP contribution is 2.09. The number of nitrogens with zero attached hydrogens (tertiary/aromatic N) is 1. The number of unbranched alkanes of at least 4 members (excludes halogenated alkanes) is 7. The number of carbonyl (C=O) groups is 1. The van der Waals surface area contributed by atoms with Gasteiger partial charge in [-0.3, -0.25) is 4.79 Å². The molecular formula is C16H31NO. The molecule has 0 bridgehead atoms. The van der Waals surface area contributed by atoms with Crippen LogP contribution in [0.2, 0.25) is 0 Å². The molecule has 0 radical (unpaired) electrons. The molecule has 2 heteroatoms. The summed E-state index contributed by atoms with van der Waals surface area (Å²) >= 11 is 0. The Balaban J connectivity index is 3.49. The van der Waals surface area contributed by atoms with E-state index in [9.17, 15) is 4.79 Å². The first-order valence-corrected chi connectivity index (χ1v) is 7.67. The zero-order valence-corrected chi connectivity index (χ0v) is 12.4. The Morgan fingerprint density at radius 2 is 1.44 bits per heavy atom. The lowest BCUT2D eigenvalue weighted by molar-refractivity contribution is -0.126. The van der Waals surface area contributed by atoms with Gasteiger partial charge in [0, 0.05) is 13.1 Å². The van der Waals surface area contributed by atoms with E-state index in [2.05, 4.69) is 20.4 Å². The molecule has 0 fully saturated rings. The Bertz CT molecular complexity index is 213. The smallest absolute Gasteiger partial charge is 0.245 e. The SMILES string of the molecule is C=CC(=O)N(CCC)CCCCCCCCCC. The van der Waals surface area contributed by atoms with Crippen molar-refractivity contribution < 1.29 is 4.79 Å². The molecule has 0 aromatic heterocycles. The van der Waals surface area contributed by atoms with Gasteiger partial charge in [-0.25, -0.2) is 0 Å². The van der Waals surface area contributed by atoms with E-state index in [-0.39, 0.29) is 5.91 Å². The summed E-state index contributed by atoms with van der Waals surface area (Å²) in [4.78, 5) is 13.5. The molecule has 0 spiro atoms. The number of rotatable bonds is 12. The van der Waals surface area contributed by atoms with E-state index in [0.29, 0.717) is 0 Å². The van der Waals surface area contributed by atoms with E-state index in [4.69, 9.17) is 0 Å². The fourth-order valence-corrected chi connectivity index (χ4v) is 2.17. The van der Waals surface area contributed by atoms with Crippen molar-refractivity contribution in [3.05, 3.63) is 12.7 Å². The van der Waals surface area contributed by atoms with Crippen LogP contribution in [0.3, 0.4) is 0 Å². The molecule has 0 unspecified atom stereocenters. The average molecular weight is 253 g/mol. The average Bonchev–Trinajstić information content (AvgIpc) is 2.39. The molecule has 2 nitrogen and oxygen atoms in total. The Morgan fingerprint density at radius 3 is 1.94 bits per heavy atom.